The lowest BCUT2D eigenvalue weighted by atomic mass is 10.1. The van der Waals surface area contributed by atoms with E-state index in [0.717, 1.165) is 19.4 Å². The fraction of sp³-hybridized carbons (Fsp3) is 0.692. The normalized spacial score (nSPS) is 14.1. The van der Waals surface area contributed by atoms with Gasteiger partial charge in [0, 0.05) is 12.1 Å². The molecule has 0 aromatic heterocycles. The topological polar surface area (TPSA) is 12.5 Å². The molecule has 0 unspecified atom stereocenters. The minimum Gasteiger partial charge on any atom is -0.497 e. The molecule has 0 amide bonds. The van der Waals surface area contributed by atoms with Crippen LogP contribution >= 0.6 is 0 Å². The van der Waals surface area contributed by atoms with Crippen molar-refractivity contribution in [3.8, 4) is 0 Å². The lowest BCUT2D eigenvalue weighted by Gasteiger charge is -2.19. The SMILES string of the molecule is C/C=C(OC)\C(CN(C)CCCC)=C(/C)F. The number of hydrogen-bond donors (Lipinski definition) is 0. The molecule has 16 heavy (non-hydrogen) atoms. The quantitative estimate of drug-likeness (QED) is 0.489. The van der Waals surface area contributed by atoms with Crippen LogP contribution in [0.2, 0.25) is 0 Å². The van der Waals surface area contributed by atoms with Crippen LogP contribution in [0.15, 0.2) is 23.2 Å². The van der Waals surface area contributed by atoms with Gasteiger partial charge in [0.05, 0.1) is 7.11 Å². The summed E-state index contributed by atoms with van der Waals surface area (Å²) in [7, 11) is 3.58. The molecule has 0 aromatic rings. The monoisotopic (exact) mass is 229 g/mol. The Kier molecular flexibility index (Phi) is 7.90. The van der Waals surface area contributed by atoms with E-state index >= 15 is 0 Å². The molecule has 0 radical (unpaired) electrons. The third kappa shape index (κ3) is 5.31. The van der Waals surface area contributed by atoms with Crippen LogP contribution in [0.5, 0.6) is 0 Å². The van der Waals surface area contributed by atoms with Crippen molar-refractivity contribution in [2.24, 2.45) is 0 Å². The second kappa shape index (κ2) is 8.34. The maximum absolute atomic E-state index is 13.4. The highest BCUT2D eigenvalue weighted by molar-refractivity contribution is 5.28. The van der Waals surface area contributed by atoms with E-state index in [1.54, 1.807) is 13.2 Å². The van der Waals surface area contributed by atoms with E-state index in [1.165, 1.54) is 6.92 Å². The van der Waals surface area contributed by atoms with Gasteiger partial charge in [-0.15, -0.1) is 0 Å². The van der Waals surface area contributed by atoms with Crippen LogP contribution in [0, 0.1) is 0 Å². The second-order valence-corrected chi connectivity index (χ2v) is 3.96. The smallest absolute Gasteiger partial charge is 0.121 e. The molecular formula is C13H24FNO. The zero-order valence-electron chi connectivity index (χ0n) is 11.1. The summed E-state index contributed by atoms with van der Waals surface area (Å²) >= 11 is 0. The molecule has 0 saturated carbocycles. The van der Waals surface area contributed by atoms with E-state index in [0.29, 0.717) is 17.9 Å². The standard InChI is InChI=1S/C13H24FNO/c1-6-8-9-15(4)10-12(11(3)14)13(7-2)16-5/h7H,6,8-10H2,1-5H3/b12-11+,13-7+. The number of rotatable bonds is 7. The molecule has 0 N–H and O–H groups in total. The van der Waals surface area contributed by atoms with Crippen LogP contribution in [0.4, 0.5) is 4.39 Å². The fourth-order valence-electron chi connectivity index (χ4n) is 1.55. The average molecular weight is 229 g/mol. The summed E-state index contributed by atoms with van der Waals surface area (Å²) in [5, 5.41) is 0. The molecule has 0 aliphatic carbocycles. The third-order valence-corrected chi connectivity index (χ3v) is 2.52. The van der Waals surface area contributed by atoms with Crippen LogP contribution in [0.3, 0.4) is 0 Å². The van der Waals surface area contributed by atoms with Crippen LogP contribution in [0.1, 0.15) is 33.6 Å². The molecule has 0 aliphatic rings. The highest BCUT2D eigenvalue weighted by Gasteiger charge is 2.11. The summed E-state index contributed by atoms with van der Waals surface area (Å²) in [5.74, 6) is 0.460. The molecule has 0 aliphatic heterocycles. The number of unbranched alkanes of at least 4 members (excludes halogenated alkanes) is 1. The van der Waals surface area contributed by atoms with E-state index in [-0.39, 0.29) is 5.83 Å². The Labute approximate surface area is 98.8 Å². The first-order valence-electron chi connectivity index (χ1n) is 5.81. The summed E-state index contributed by atoms with van der Waals surface area (Å²) in [6.07, 6.45) is 4.08. The number of methoxy groups -OCH3 is 1. The molecule has 2 nitrogen and oxygen atoms in total. The number of nitrogens with zero attached hydrogens (tertiary/aromatic N) is 1. The van der Waals surface area contributed by atoms with E-state index < -0.39 is 0 Å². The Balaban J connectivity index is 4.54. The Morgan fingerprint density at radius 2 is 2.06 bits per heavy atom. The van der Waals surface area contributed by atoms with Gasteiger partial charge in [0.2, 0.25) is 0 Å². The molecular weight excluding hydrogens is 205 g/mol. The number of allylic oxidation sites excluding steroid dienone is 2. The third-order valence-electron chi connectivity index (χ3n) is 2.52. The molecule has 94 valence electrons. The predicted molar refractivity (Wildman–Crippen MR) is 67.0 cm³/mol. The van der Waals surface area contributed by atoms with Crippen molar-refractivity contribution >= 4 is 0 Å². The Morgan fingerprint density at radius 3 is 2.44 bits per heavy atom. The molecule has 0 rings (SSSR count). The molecule has 0 saturated heterocycles. The number of ether oxygens (including phenoxy) is 1. The summed E-state index contributed by atoms with van der Waals surface area (Å²) in [6.45, 7) is 7.06. The van der Waals surface area contributed by atoms with E-state index in [1.807, 2.05) is 14.0 Å². The van der Waals surface area contributed by atoms with Gasteiger partial charge in [-0.05, 0) is 39.9 Å². The van der Waals surface area contributed by atoms with Gasteiger partial charge in [0.25, 0.3) is 0 Å². The number of hydrogen-bond acceptors (Lipinski definition) is 2. The molecule has 0 aromatic carbocycles. The second-order valence-electron chi connectivity index (χ2n) is 3.96. The summed E-state index contributed by atoms with van der Waals surface area (Å²) in [4.78, 5) is 2.12. The molecule has 0 bridgehead atoms. The van der Waals surface area contributed by atoms with Crippen molar-refractivity contribution < 1.29 is 9.13 Å². The highest BCUT2D eigenvalue weighted by Crippen LogP contribution is 2.17. The van der Waals surface area contributed by atoms with Crippen molar-refractivity contribution in [3.63, 3.8) is 0 Å². The van der Waals surface area contributed by atoms with Crippen LogP contribution in [0.25, 0.3) is 0 Å². The molecule has 0 atom stereocenters. The number of halogens is 1. The zero-order chi connectivity index (χ0) is 12.6. The van der Waals surface area contributed by atoms with Crippen molar-refractivity contribution in [1.82, 2.24) is 4.90 Å². The minimum atomic E-state index is -0.168. The molecule has 3 heteroatoms. The van der Waals surface area contributed by atoms with Crippen LogP contribution < -0.4 is 0 Å². The fourth-order valence-corrected chi connectivity index (χ4v) is 1.55. The molecule has 0 fully saturated rings. The van der Waals surface area contributed by atoms with Gasteiger partial charge in [-0.1, -0.05) is 13.3 Å². The van der Waals surface area contributed by atoms with Gasteiger partial charge in [-0.3, -0.25) is 0 Å². The lowest BCUT2D eigenvalue weighted by molar-refractivity contribution is 0.279. The number of likely N-dealkylation sites (N-methyl/N-ethyl adjacent to an activating group) is 1. The van der Waals surface area contributed by atoms with Gasteiger partial charge >= 0.3 is 0 Å². The Bertz CT molecular complexity index is 255. The first kappa shape index (κ1) is 15.2. The van der Waals surface area contributed by atoms with E-state index in [9.17, 15) is 4.39 Å². The first-order chi connectivity index (χ1) is 7.56. The Hall–Kier alpha value is -0.830. The molecule has 0 heterocycles. The largest absolute Gasteiger partial charge is 0.497 e. The summed E-state index contributed by atoms with van der Waals surface area (Å²) in [6, 6.07) is 0. The van der Waals surface area contributed by atoms with Crippen molar-refractivity contribution in [2.45, 2.75) is 33.6 Å². The van der Waals surface area contributed by atoms with Crippen molar-refractivity contribution in [1.29, 1.82) is 0 Å². The van der Waals surface area contributed by atoms with E-state index in [4.69, 9.17) is 4.74 Å². The van der Waals surface area contributed by atoms with Crippen LogP contribution in [-0.2, 0) is 4.74 Å². The van der Waals surface area contributed by atoms with Gasteiger partial charge in [-0.2, -0.15) is 0 Å². The first-order valence-corrected chi connectivity index (χ1v) is 5.81. The minimum absolute atomic E-state index is 0.168. The summed E-state index contributed by atoms with van der Waals surface area (Å²) < 4.78 is 18.6. The highest BCUT2D eigenvalue weighted by atomic mass is 19.1. The zero-order valence-corrected chi connectivity index (χ0v) is 11.1. The van der Waals surface area contributed by atoms with Gasteiger partial charge in [-0.25, -0.2) is 4.39 Å². The van der Waals surface area contributed by atoms with Crippen LogP contribution in [-0.4, -0.2) is 32.1 Å². The predicted octanol–water partition coefficient (Wildman–Crippen LogP) is 3.51. The Morgan fingerprint density at radius 1 is 1.44 bits per heavy atom. The summed E-state index contributed by atoms with van der Waals surface area (Å²) in [5.41, 5.74) is 0.642. The molecule has 0 spiro atoms. The van der Waals surface area contributed by atoms with Gasteiger partial charge < -0.3 is 9.64 Å². The maximum atomic E-state index is 13.4. The van der Waals surface area contributed by atoms with Gasteiger partial charge in [0.15, 0.2) is 0 Å². The average Bonchev–Trinajstić information content (AvgIpc) is 2.26. The lowest BCUT2D eigenvalue weighted by Crippen LogP contribution is -2.23. The van der Waals surface area contributed by atoms with Crippen molar-refractivity contribution in [2.75, 3.05) is 27.2 Å². The van der Waals surface area contributed by atoms with E-state index in [2.05, 4.69) is 11.8 Å². The van der Waals surface area contributed by atoms with Gasteiger partial charge in [0.1, 0.15) is 11.6 Å². The van der Waals surface area contributed by atoms with Crippen molar-refractivity contribution in [3.05, 3.63) is 23.2 Å². The maximum Gasteiger partial charge on any atom is 0.121 e.